The van der Waals surface area contributed by atoms with Crippen LogP contribution in [0.25, 0.3) is 11.5 Å². The molecule has 196 valence electrons. The minimum atomic E-state index is 0.432. The summed E-state index contributed by atoms with van der Waals surface area (Å²) in [5.41, 5.74) is 2.36. The molecule has 8 heteroatoms. The first-order chi connectivity index (χ1) is 18.0. The van der Waals surface area contributed by atoms with Gasteiger partial charge in [0.25, 0.3) is 0 Å². The molecule has 3 atom stereocenters. The number of aromatic nitrogens is 4. The number of benzene rings is 1. The van der Waals surface area contributed by atoms with Gasteiger partial charge in [0.15, 0.2) is 0 Å². The van der Waals surface area contributed by atoms with Gasteiger partial charge in [-0.05, 0) is 61.3 Å². The van der Waals surface area contributed by atoms with E-state index in [1.807, 2.05) is 30.5 Å². The molecule has 1 fully saturated rings. The number of hydrogen-bond acceptors (Lipinski definition) is 8. The predicted octanol–water partition coefficient (Wildman–Crippen LogP) is 4.75. The minimum absolute atomic E-state index is 0.432. The summed E-state index contributed by atoms with van der Waals surface area (Å²) in [7, 11) is 1.66. The van der Waals surface area contributed by atoms with E-state index in [1.165, 1.54) is 5.57 Å². The fraction of sp³-hybridized carbons (Fsp3) is 0.517. The number of anilines is 1. The number of allylic oxidation sites excluding steroid dienone is 1. The van der Waals surface area contributed by atoms with Crippen molar-refractivity contribution in [1.82, 2.24) is 25.1 Å². The Hall–Kier alpha value is -3.26. The standard InChI is InChI=1S/C29H38N6O2/c1-20(2)26-16-23(17-28-32-33-29(37-28)22-5-7-25(36-4)8-6-22)21(3)15-24(26)19-34-11-13-35(14-12-34)27-18-30-9-10-31-27/h5-10,15,18,20,23-24,26H,11-14,16-17,19H2,1-4H3/t23-,24-,26-/m0/s1. The molecular formula is C29H38N6O2. The summed E-state index contributed by atoms with van der Waals surface area (Å²) in [6, 6.07) is 7.73. The fourth-order valence-electron chi connectivity index (χ4n) is 5.79. The van der Waals surface area contributed by atoms with E-state index in [2.05, 4.69) is 56.8 Å². The average molecular weight is 503 g/mol. The zero-order valence-electron chi connectivity index (χ0n) is 22.4. The number of piperazine rings is 1. The Labute approximate surface area is 219 Å². The van der Waals surface area contributed by atoms with E-state index >= 15 is 0 Å². The van der Waals surface area contributed by atoms with Gasteiger partial charge >= 0.3 is 0 Å². The lowest BCUT2D eigenvalue weighted by molar-refractivity contribution is 0.155. The first-order valence-corrected chi connectivity index (χ1v) is 13.4. The molecule has 37 heavy (non-hydrogen) atoms. The lowest BCUT2D eigenvalue weighted by atomic mass is 9.69. The second-order valence-electron chi connectivity index (χ2n) is 10.7. The SMILES string of the molecule is COc1ccc(-c2nnc(C[C@@H]3C[C@@H](C(C)C)[C@H](CN4CCN(c5cnccn5)CC4)C=C3C)o2)cc1. The Morgan fingerprint density at radius 2 is 1.84 bits per heavy atom. The molecule has 3 aromatic rings. The van der Waals surface area contributed by atoms with Crippen LogP contribution in [0.2, 0.25) is 0 Å². The number of methoxy groups -OCH3 is 1. The van der Waals surface area contributed by atoms with Gasteiger partial charge < -0.3 is 14.1 Å². The maximum Gasteiger partial charge on any atom is 0.247 e. The summed E-state index contributed by atoms with van der Waals surface area (Å²) < 4.78 is 11.3. The summed E-state index contributed by atoms with van der Waals surface area (Å²) in [6.45, 7) is 12.2. The number of hydrogen-bond donors (Lipinski definition) is 0. The van der Waals surface area contributed by atoms with Crippen molar-refractivity contribution in [2.24, 2.45) is 23.7 Å². The highest BCUT2D eigenvalue weighted by Crippen LogP contribution is 2.39. The van der Waals surface area contributed by atoms with Crippen LogP contribution in [0.1, 0.15) is 33.1 Å². The van der Waals surface area contributed by atoms with E-state index in [1.54, 1.807) is 19.5 Å². The molecule has 3 heterocycles. The quantitative estimate of drug-likeness (QED) is 0.408. The zero-order chi connectivity index (χ0) is 25.8. The van der Waals surface area contributed by atoms with Crippen molar-refractivity contribution in [1.29, 1.82) is 0 Å². The number of rotatable bonds is 8. The topological polar surface area (TPSA) is 80.4 Å². The van der Waals surface area contributed by atoms with Gasteiger partial charge in [0.1, 0.15) is 11.6 Å². The molecule has 0 saturated carbocycles. The van der Waals surface area contributed by atoms with E-state index in [-0.39, 0.29) is 0 Å². The van der Waals surface area contributed by atoms with Crippen LogP contribution < -0.4 is 9.64 Å². The molecule has 1 aliphatic heterocycles. The van der Waals surface area contributed by atoms with Gasteiger partial charge in [-0.2, -0.15) is 0 Å². The van der Waals surface area contributed by atoms with E-state index in [4.69, 9.17) is 9.15 Å². The molecule has 5 rings (SSSR count). The van der Waals surface area contributed by atoms with Crippen LogP contribution in [-0.2, 0) is 6.42 Å². The first-order valence-electron chi connectivity index (χ1n) is 13.4. The lowest BCUT2D eigenvalue weighted by Gasteiger charge is -2.41. The van der Waals surface area contributed by atoms with Crippen LogP contribution in [0.15, 0.2) is 58.9 Å². The van der Waals surface area contributed by atoms with Gasteiger partial charge in [-0.1, -0.05) is 25.5 Å². The number of nitrogens with zero attached hydrogens (tertiary/aromatic N) is 6. The Morgan fingerprint density at radius 1 is 1.05 bits per heavy atom. The Bertz CT molecular complexity index is 1170. The van der Waals surface area contributed by atoms with Gasteiger partial charge in [-0.3, -0.25) is 9.88 Å². The maximum atomic E-state index is 6.07. The molecule has 2 aliphatic rings. The van der Waals surface area contributed by atoms with Gasteiger partial charge in [-0.25, -0.2) is 4.98 Å². The van der Waals surface area contributed by atoms with Crippen LogP contribution >= 0.6 is 0 Å². The molecular weight excluding hydrogens is 464 g/mol. The average Bonchev–Trinajstić information content (AvgIpc) is 3.39. The minimum Gasteiger partial charge on any atom is -0.497 e. The molecule has 0 N–H and O–H groups in total. The molecule has 0 amide bonds. The third-order valence-corrected chi connectivity index (χ3v) is 8.02. The summed E-state index contributed by atoms with van der Waals surface area (Å²) in [6.07, 6.45) is 9.85. The highest BCUT2D eigenvalue weighted by molar-refractivity contribution is 5.54. The Kier molecular flexibility index (Phi) is 7.84. The molecule has 0 spiro atoms. The monoisotopic (exact) mass is 502 g/mol. The second-order valence-corrected chi connectivity index (χ2v) is 10.7. The van der Waals surface area contributed by atoms with E-state index in [0.717, 1.165) is 62.7 Å². The largest absolute Gasteiger partial charge is 0.497 e. The predicted molar refractivity (Wildman–Crippen MR) is 144 cm³/mol. The Balaban J connectivity index is 1.21. The molecule has 1 saturated heterocycles. The fourth-order valence-corrected chi connectivity index (χ4v) is 5.79. The van der Waals surface area contributed by atoms with Crippen molar-refractivity contribution in [3.05, 3.63) is 60.4 Å². The summed E-state index contributed by atoms with van der Waals surface area (Å²) in [5, 5.41) is 8.69. The summed E-state index contributed by atoms with van der Waals surface area (Å²) >= 11 is 0. The van der Waals surface area contributed by atoms with Gasteiger partial charge in [-0.15, -0.1) is 10.2 Å². The maximum absolute atomic E-state index is 6.07. The van der Waals surface area contributed by atoms with Crippen LogP contribution in [0.4, 0.5) is 5.82 Å². The van der Waals surface area contributed by atoms with Crippen LogP contribution in [0.5, 0.6) is 5.75 Å². The third-order valence-electron chi connectivity index (χ3n) is 8.02. The van der Waals surface area contributed by atoms with Crippen molar-refractivity contribution in [3.8, 4) is 17.2 Å². The molecule has 1 aliphatic carbocycles. The van der Waals surface area contributed by atoms with E-state index in [0.29, 0.717) is 35.5 Å². The smallest absolute Gasteiger partial charge is 0.247 e. The van der Waals surface area contributed by atoms with Gasteiger partial charge in [0, 0.05) is 57.1 Å². The van der Waals surface area contributed by atoms with Crippen molar-refractivity contribution < 1.29 is 9.15 Å². The summed E-state index contributed by atoms with van der Waals surface area (Å²) in [5.74, 6) is 5.32. The highest BCUT2D eigenvalue weighted by atomic mass is 16.5. The third kappa shape index (κ3) is 6.01. The van der Waals surface area contributed by atoms with Gasteiger partial charge in [0.2, 0.25) is 11.8 Å². The number of ether oxygens (including phenoxy) is 1. The molecule has 8 nitrogen and oxygen atoms in total. The van der Waals surface area contributed by atoms with E-state index < -0.39 is 0 Å². The molecule has 0 radical (unpaired) electrons. The zero-order valence-corrected chi connectivity index (χ0v) is 22.4. The molecule has 2 aromatic heterocycles. The normalized spacial score (nSPS) is 22.8. The van der Waals surface area contributed by atoms with Crippen LogP contribution in [-0.4, -0.2) is 64.9 Å². The molecule has 0 bridgehead atoms. The second kappa shape index (κ2) is 11.4. The van der Waals surface area contributed by atoms with Crippen LogP contribution in [0.3, 0.4) is 0 Å². The molecule has 1 aromatic carbocycles. The summed E-state index contributed by atoms with van der Waals surface area (Å²) in [4.78, 5) is 13.7. The van der Waals surface area contributed by atoms with Gasteiger partial charge in [0.05, 0.1) is 13.3 Å². The highest BCUT2D eigenvalue weighted by Gasteiger charge is 2.34. The van der Waals surface area contributed by atoms with Crippen molar-refractivity contribution in [2.75, 3.05) is 44.7 Å². The first kappa shape index (κ1) is 25.4. The lowest BCUT2D eigenvalue weighted by Crippen LogP contribution is -2.49. The van der Waals surface area contributed by atoms with E-state index in [9.17, 15) is 0 Å². The van der Waals surface area contributed by atoms with Crippen molar-refractivity contribution in [2.45, 2.75) is 33.6 Å². The van der Waals surface area contributed by atoms with Crippen molar-refractivity contribution >= 4 is 5.82 Å². The molecule has 0 unspecified atom stereocenters. The Morgan fingerprint density at radius 3 is 2.51 bits per heavy atom. The van der Waals surface area contributed by atoms with Crippen LogP contribution in [0, 0.1) is 23.7 Å². The van der Waals surface area contributed by atoms with Crippen molar-refractivity contribution in [3.63, 3.8) is 0 Å².